The van der Waals surface area contributed by atoms with Gasteiger partial charge in [0.1, 0.15) is 0 Å². The van der Waals surface area contributed by atoms with Gasteiger partial charge < -0.3 is 10.4 Å². The summed E-state index contributed by atoms with van der Waals surface area (Å²) < 4.78 is 76.2. The maximum Gasteiger partial charge on any atom is 0.416 e. The second-order valence-electron chi connectivity index (χ2n) is 6.64. The molecule has 2 N–H and O–H groups in total. The van der Waals surface area contributed by atoms with Crippen molar-refractivity contribution in [1.82, 2.24) is 5.32 Å². The number of carbonyl (C=O) groups excluding carboxylic acids is 1. The zero-order valence-corrected chi connectivity index (χ0v) is 15.3. The Bertz CT molecular complexity index is 891. The lowest BCUT2D eigenvalue weighted by molar-refractivity contribution is -0.138. The largest absolute Gasteiger partial charge is 0.481 e. The van der Waals surface area contributed by atoms with Crippen LogP contribution in [0.5, 0.6) is 0 Å². The Balaban J connectivity index is 2.07. The summed E-state index contributed by atoms with van der Waals surface area (Å²) in [5.74, 6) is -1.95. The summed E-state index contributed by atoms with van der Waals surface area (Å²) in [5.41, 5.74) is -1.33. The van der Waals surface area contributed by atoms with Crippen LogP contribution in [0.1, 0.15) is 28.7 Å². The van der Waals surface area contributed by atoms with E-state index in [2.05, 4.69) is 5.32 Å². The van der Waals surface area contributed by atoms with E-state index in [0.717, 1.165) is 30.3 Å². The number of alkyl halides is 6. The first-order valence-electron chi connectivity index (χ1n) is 8.68. The number of benzene rings is 2. The third-order valence-corrected chi connectivity index (χ3v) is 4.17. The zero-order chi connectivity index (χ0) is 22.5. The molecule has 162 valence electrons. The van der Waals surface area contributed by atoms with Gasteiger partial charge in [-0.25, -0.2) is 0 Å². The molecule has 4 nitrogen and oxygen atoms in total. The molecular formula is C20H17F6NO3. The van der Waals surface area contributed by atoms with Crippen LogP contribution in [0.15, 0.2) is 48.5 Å². The molecule has 30 heavy (non-hydrogen) atoms. The summed E-state index contributed by atoms with van der Waals surface area (Å²) in [6.45, 7) is 0. The van der Waals surface area contributed by atoms with E-state index in [4.69, 9.17) is 5.11 Å². The van der Waals surface area contributed by atoms with Crippen LogP contribution in [0.25, 0.3) is 0 Å². The van der Waals surface area contributed by atoms with Crippen molar-refractivity contribution in [2.75, 3.05) is 0 Å². The van der Waals surface area contributed by atoms with E-state index in [0.29, 0.717) is 5.56 Å². The number of aliphatic carboxylic acids is 1. The Labute approximate surface area is 167 Å². The van der Waals surface area contributed by atoms with E-state index in [1.807, 2.05) is 0 Å². The first-order valence-corrected chi connectivity index (χ1v) is 8.68. The molecular weight excluding hydrogens is 416 g/mol. The van der Waals surface area contributed by atoms with E-state index in [1.54, 1.807) is 0 Å². The molecule has 0 bridgehead atoms. The standard InChI is InChI=1S/C20H17F6NO3/c21-19(22,23)14-6-4-12(5-7-14)9-16(11-18(29)30)27-17(28)10-13-2-1-3-15(8-13)20(24,25)26/h1-8,16H,9-11H2,(H,27,28)(H,29,30)/t16-/m0/s1. The molecule has 0 aliphatic heterocycles. The lowest BCUT2D eigenvalue weighted by Gasteiger charge is -2.18. The number of carboxylic acid groups (broad SMARTS) is 1. The van der Waals surface area contributed by atoms with Gasteiger partial charge in [0, 0.05) is 6.04 Å². The van der Waals surface area contributed by atoms with Crippen LogP contribution >= 0.6 is 0 Å². The number of carbonyl (C=O) groups is 2. The maximum absolute atomic E-state index is 12.8. The number of carboxylic acids is 1. The Morgan fingerprint density at radius 1 is 0.867 bits per heavy atom. The molecule has 2 rings (SSSR count). The van der Waals surface area contributed by atoms with Crippen molar-refractivity contribution in [3.8, 4) is 0 Å². The lowest BCUT2D eigenvalue weighted by atomic mass is 10.0. The van der Waals surface area contributed by atoms with Gasteiger partial charge in [-0.05, 0) is 35.7 Å². The Hall–Kier alpha value is -3.04. The fourth-order valence-electron chi connectivity index (χ4n) is 2.82. The molecule has 2 aromatic rings. The summed E-state index contributed by atoms with van der Waals surface area (Å²) >= 11 is 0. The summed E-state index contributed by atoms with van der Waals surface area (Å²) in [6, 6.07) is 7.26. The molecule has 1 atom stereocenters. The van der Waals surface area contributed by atoms with Gasteiger partial charge >= 0.3 is 18.3 Å². The highest BCUT2D eigenvalue weighted by Gasteiger charge is 2.31. The van der Waals surface area contributed by atoms with Crippen LogP contribution in [0.4, 0.5) is 26.3 Å². The molecule has 0 unspecified atom stereocenters. The molecule has 0 saturated carbocycles. The van der Waals surface area contributed by atoms with Crippen LogP contribution in [0, 0.1) is 0 Å². The third-order valence-electron chi connectivity index (χ3n) is 4.17. The smallest absolute Gasteiger partial charge is 0.416 e. The number of halogens is 6. The van der Waals surface area contributed by atoms with E-state index in [-0.39, 0.29) is 12.0 Å². The second kappa shape index (κ2) is 9.19. The second-order valence-corrected chi connectivity index (χ2v) is 6.64. The Morgan fingerprint density at radius 2 is 1.47 bits per heavy atom. The predicted molar refractivity (Wildman–Crippen MR) is 94.5 cm³/mol. The quantitative estimate of drug-likeness (QED) is 0.634. The number of amides is 1. The molecule has 0 heterocycles. The molecule has 0 aromatic heterocycles. The van der Waals surface area contributed by atoms with Gasteiger partial charge in [0.15, 0.2) is 0 Å². The van der Waals surface area contributed by atoms with Crippen LogP contribution in [-0.4, -0.2) is 23.0 Å². The van der Waals surface area contributed by atoms with Crippen molar-refractivity contribution in [3.05, 3.63) is 70.8 Å². The number of nitrogens with one attached hydrogen (secondary N) is 1. The molecule has 0 spiro atoms. The van der Waals surface area contributed by atoms with Crippen molar-refractivity contribution >= 4 is 11.9 Å². The highest BCUT2D eigenvalue weighted by atomic mass is 19.4. The summed E-state index contributed by atoms with van der Waals surface area (Å²) in [5, 5.41) is 11.4. The maximum atomic E-state index is 12.8. The highest BCUT2D eigenvalue weighted by Crippen LogP contribution is 2.30. The molecule has 10 heteroatoms. The lowest BCUT2D eigenvalue weighted by Crippen LogP contribution is -2.39. The minimum atomic E-state index is -4.57. The van der Waals surface area contributed by atoms with E-state index < -0.39 is 54.2 Å². The first-order chi connectivity index (χ1) is 13.8. The molecule has 1 amide bonds. The van der Waals surface area contributed by atoms with Gasteiger partial charge in [0.05, 0.1) is 24.0 Å². The summed E-state index contributed by atoms with van der Waals surface area (Å²) in [6.07, 6.45) is -10.1. The van der Waals surface area contributed by atoms with Crippen molar-refractivity contribution in [2.24, 2.45) is 0 Å². The van der Waals surface area contributed by atoms with Gasteiger partial charge in [-0.2, -0.15) is 26.3 Å². The Kier molecular flexibility index (Phi) is 7.12. The normalized spacial score (nSPS) is 13.0. The Morgan fingerprint density at radius 3 is 2.00 bits per heavy atom. The van der Waals surface area contributed by atoms with E-state index in [1.165, 1.54) is 18.2 Å². The van der Waals surface area contributed by atoms with Crippen molar-refractivity contribution < 1.29 is 41.0 Å². The van der Waals surface area contributed by atoms with Crippen molar-refractivity contribution in [1.29, 1.82) is 0 Å². The van der Waals surface area contributed by atoms with E-state index >= 15 is 0 Å². The summed E-state index contributed by atoms with van der Waals surface area (Å²) in [7, 11) is 0. The average molecular weight is 433 g/mol. The minimum absolute atomic E-state index is 0.0568. The van der Waals surface area contributed by atoms with Crippen LogP contribution < -0.4 is 5.32 Å². The fraction of sp³-hybridized carbons (Fsp3) is 0.300. The van der Waals surface area contributed by atoms with Crippen LogP contribution in [0.2, 0.25) is 0 Å². The molecule has 0 aliphatic carbocycles. The average Bonchev–Trinajstić information content (AvgIpc) is 2.60. The number of hydrogen-bond acceptors (Lipinski definition) is 2. The molecule has 2 aromatic carbocycles. The molecule has 0 radical (unpaired) electrons. The van der Waals surface area contributed by atoms with Gasteiger partial charge in [-0.15, -0.1) is 0 Å². The topological polar surface area (TPSA) is 66.4 Å². The number of rotatable bonds is 7. The monoisotopic (exact) mass is 433 g/mol. The van der Waals surface area contributed by atoms with Crippen molar-refractivity contribution in [2.45, 2.75) is 37.7 Å². The number of hydrogen-bond donors (Lipinski definition) is 2. The van der Waals surface area contributed by atoms with Crippen LogP contribution in [-0.2, 0) is 34.8 Å². The van der Waals surface area contributed by atoms with Gasteiger partial charge in [0.2, 0.25) is 5.91 Å². The van der Waals surface area contributed by atoms with E-state index in [9.17, 15) is 35.9 Å². The molecule has 0 saturated heterocycles. The molecule has 0 aliphatic rings. The van der Waals surface area contributed by atoms with Crippen molar-refractivity contribution in [3.63, 3.8) is 0 Å². The van der Waals surface area contributed by atoms with Gasteiger partial charge in [-0.1, -0.05) is 30.3 Å². The van der Waals surface area contributed by atoms with Gasteiger partial charge in [-0.3, -0.25) is 9.59 Å². The third kappa shape index (κ3) is 7.09. The SMILES string of the molecule is O=C(O)C[C@H](Cc1ccc(C(F)(F)F)cc1)NC(=O)Cc1cccc(C(F)(F)F)c1. The summed E-state index contributed by atoms with van der Waals surface area (Å²) in [4.78, 5) is 23.3. The highest BCUT2D eigenvalue weighted by molar-refractivity contribution is 5.79. The predicted octanol–water partition coefficient (Wildman–Crippen LogP) is 4.47. The van der Waals surface area contributed by atoms with Gasteiger partial charge in [0.25, 0.3) is 0 Å². The fourth-order valence-corrected chi connectivity index (χ4v) is 2.82. The molecule has 0 fully saturated rings. The first kappa shape index (κ1) is 23.2. The zero-order valence-electron chi connectivity index (χ0n) is 15.3. The minimum Gasteiger partial charge on any atom is -0.481 e. The van der Waals surface area contributed by atoms with Crippen LogP contribution in [0.3, 0.4) is 0 Å².